The number of hydrogen-bond donors (Lipinski definition) is 2. The molecule has 1 heterocycles. The van der Waals surface area contributed by atoms with E-state index in [4.69, 9.17) is 5.73 Å². The molecule has 1 saturated carbocycles. The van der Waals surface area contributed by atoms with Crippen molar-refractivity contribution in [3.8, 4) is 0 Å². The Balaban J connectivity index is 1.95. The molecule has 1 aromatic heterocycles. The molecule has 2 atom stereocenters. The smallest absolute Gasteiger partial charge is 0.252 e. The molecule has 1 fully saturated rings. The van der Waals surface area contributed by atoms with Crippen molar-refractivity contribution >= 4 is 17.2 Å². The Morgan fingerprint density at radius 2 is 2.31 bits per heavy atom. The van der Waals surface area contributed by atoms with E-state index < -0.39 is 0 Å². The number of rotatable bonds is 3. The van der Waals surface area contributed by atoms with Crippen molar-refractivity contribution in [2.24, 2.45) is 11.7 Å². The van der Waals surface area contributed by atoms with Crippen molar-refractivity contribution in [1.29, 1.82) is 0 Å². The van der Waals surface area contributed by atoms with E-state index in [0.29, 0.717) is 12.5 Å². The number of carbonyl (C=O) groups is 1. The molecule has 0 radical (unpaired) electrons. The van der Waals surface area contributed by atoms with Gasteiger partial charge in [0.2, 0.25) is 0 Å². The van der Waals surface area contributed by atoms with Gasteiger partial charge in [0.1, 0.15) is 0 Å². The van der Waals surface area contributed by atoms with E-state index in [9.17, 15) is 4.79 Å². The Hall–Kier alpha value is -0.870. The number of carbonyl (C=O) groups excluding carboxylic acids is 1. The van der Waals surface area contributed by atoms with E-state index in [1.165, 1.54) is 12.8 Å². The maximum absolute atomic E-state index is 11.9. The third kappa shape index (κ3) is 2.62. The summed E-state index contributed by atoms with van der Waals surface area (Å²) < 4.78 is 0. The van der Waals surface area contributed by atoms with E-state index in [-0.39, 0.29) is 11.9 Å². The SMILES string of the molecule is NCC1CCCCC1NC(=O)c1ccsc1. The predicted octanol–water partition coefficient (Wildman–Crippen LogP) is 2.00. The molecule has 0 bridgehead atoms. The van der Waals surface area contributed by atoms with Gasteiger partial charge in [0.25, 0.3) is 5.91 Å². The van der Waals surface area contributed by atoms with Gasteiger partial charge in [-0.25, -0.2) is 0 Å². The van der Waals surface area contributed by atoms with Crippen LogP contribution in [-0.2, 0) is 0 Å². The lowest BCUT2D eigenvalue weighted by Crippen LogP contribution is -2.44. The van der Waals surface area contributed by atoms with Crippen LogP contribution in [0.2, 0.25) is 0 Å². The van der Waals surface area contributed by atoms with Gasteiger partial charge < -0.3 is 11.1 Å². The Kier molecular flexibility index (Phi) is 3.96. The molecule has 16 heavy (non-hydrogen) atoms. The molecule has 0 spiro atoms. The van der Waals surface area contributed by atoms with Gasteiger partial charge in [-0.05, 0) is 36.8 Å². The summed E-state index contributed by atoms with van der Waals surface area (Å²) in [5.41, 5.74) is 6.51. The molecule has 1 aliphatic rings. The Morgan fingerprint density at radius 3 is 3.00 bits per heavy atom. The highest BCUT2D eigenvalue weighted by atomic mass is 32.1. The molecule has 1 aromatic rings. The van der Waals surface area contributed by atoms with E-state index in [0.717, 1.165) is 18.4 Å². The van der Waals surface area contributed by atoms with Crippen LogP contribution in [0, 0.1) is 5.92 Å². The molecule has 0 aromatic carbocycles. The first-order valence-electron chi connectivity index (χ1n) is 5.84. The van der Waals surface area contributed by atoms with Gasteiger partial charge in [-0.1, -0.05) is 12.8 Å². The summed E-state index contributed by atoms with van der Waals surface area (Å²) in [5.74, 6) is 0.503. The molecular weight excluding hydrogens is 220 g/mol. The summed E-state index contributed by atoms with van der Waals surface area (Å²) in [6, 6.07) is 2.13. The highest BCUT2D eigenvalue weighted by Crippen LogP contribution is 2.23. The van der Waals surface area contributed by atoms with Crippen LogP contribution in [0.4, 0.5) is 0 Å². The predicted molar refractivity (Wildman–Crippen MR) is 66.6 cm³/mol. The molecule has 1 amide bonds. The molecule has 2 unspecified atom stereocenters. The van der Waals surface area contributed by atoms with Gasteiger partial charge in [-0.3, -0.25) is 4.79 Å². The van der Waals surface area contributed by atoms with Crippen molar-refractivity contribution in [2.45, 2.75) is 31.7 Å². The quantitative estimate of drug-likeness (QED) is 0.846. The van der Waals surface area contributed by atoms with Crippen molar-refractivity contribution in [3.63, 3.8) is 0 Å². The number of nitrogens with one attached hydrogen (secondary N) is 1. The topological polar surface area (TPSA) is 55.1 Å². The standard InChI is InChI=1S/C12H18N2OS/c13-7-9-3-1-2-4-11(9)14-12(15)10-5-6-16-8-10/h5-6,8-9,11H,1-4,7,13H2,(H,14,15). The summed E-state index contributed by atoms with van der Waals surface area (Å²) >= 11 is 1.55. The molecule has 0 saturated heterocycles. The lowest BCUT2D eigenvalue weighted by molar-refractivity contribution is 0.0908. The lowest BCUT2D eigenvalue weighted by atomic mass is 9.84. The average Bonchev–Trinajstić information content (AvgIpc) is 2.83. The molecule has 3 nitrogen and oxygen atoms in total. The van der Waals surface area contributed by atoms with E-state index in [1.54, 1.807) is 11.3 Å². The molecule has 1 aliphatic carbocycles. The monoisotopic (exact) mass is 238 g/mol. The van der Waals surface area contributed by atoms with Crippen LogP contribution < -0.4 is 11.1 Å². The summed E-state index contributed by atoms with van der Waals surface area (Å²) in [5, 5.41) is 6.92. The molecule has 2 rings (SSSR count). The van der Waals surface area contributed by atoms with Gasteiger partial charge in [-0.15, -0.1) is 0 Å². The molecular formula is C12H18N2OS. The average molecular weight is 238 g/mol. The van der Waals surface area contributed by atoms with E-state index in [1.807, 2.05) is 16.8 Å². The molecule has 88 valence electrons. The van der Waals surface area contributed by atoms with Crippen LogP contribution in [0.5, 0.6) is 0 Å². The minimum Gasteiger partial charge on any atom is -0.349 e. The van der Waals surface area contributed by atoms with Crippen molar-refractivity contribution in [2.75, 3.05) is 6.54 Å². The first-order valence-corrected chi connectivity index (χ1v) is 6.78. The minimum absolute atomic E-state index is 0.0478. The second-order valence-corrected chi connectivity index (χ2v) is 5.15. The first kappa shape index (κ1) is 11.6. The van der Waals surface area contributed by atoms with Gasteiger partial charge in [0.15, 0.2) is 0 Å². The van der Waals surface area contributed by atoms with Gasteiger partial charge in [0.05, 0.1) is 0 Å². The zero-order valence-corrected chi connectivity index (χ0v) is 10.1. The number of thiophene rings is 1. The fourth-order valence-electron chi connectivity index (χ4n) is 2.33. The van der Waals surface area contributed by atoms with Crippen LogP contribution in [0.15, 0.2) is 16.8 Å². The van der Waals surface area contributed by atoms with Crippen molar-refractivity contribution in [3.05, 3.63) is 22.4 Å². The van der Waals surface area contributed by atoms with Crippen molar-refractivity contribution in [1.82, 2.24) is 5.32 Å². The fourth-order valence-corrected chi connectivity index (χ4v) is 2.96. The number of amides is 1. The van der Waals surface area contributed by atoms with E-state index in [2.05, 4.69) is 5.32 Å². The number of hydrogen-bond acceptors (Lipinski definition) is 3. The second kappa shape index (κ2) is 5.46. The first-order chi connectivity index (χ1) is 7.81. The summed E-state index contributed by atoms with van der Waals surface area (Å²) in [6.07, 6.45) is 4.65. The fraction of sp³-hybridized carbons (Fsp3) is 0.583. The highest BCUT2D eigenvalue weighted by Gasteiger charge is 2.25. The Bertz CT molecular complexity index is 337. The van der Waals surface area contributed by atoms with Crippen molar-refractivity contribution < 1.29 is 4.79 Å². The van der Waals surface area contributed by atoms with Gasteiger partial charge in [-0.2, -0.15) is 11.3 Å². The second-order valence-electron chi connectivity index (χ2n) is 4.37. The third-order valence-electron chi connectivity index (χ3n) is 3.31. The zero-order chi connectivity index (χ0) is 11.4. The van der Waals surface area contributed by atoms with Crippen LogP contribution in [0.25, 0.3) is 0 Å². The minimum atomic E-state index is 0.0478. The summed E-state index contributed by atoms with van der Waals surface area (Å²) in [6.45, 7) is 0.675. The van der Waals surface area contributed by atoms with Gasteiger partial charge >= 0.3 is 0 Å². The zero-order valence-electron chi connectivity index (χ0n) is 9.32. The van der Waals surface area contributed by atoms with Gasteiger partial charge in [0, 0.05) is 17.0 Å². The normalized spacial score (nSPS) is 25.3. The van der Waals surface area contributed by atoms with Crippen LogP contribution in [0.3, 0.4) is 0 Å². The van der Waals surface area contributed by atoms with Crippen LogP contribution in [0.1, 0.15) is 36.0 Å². The Labute approximate surface area is 100 Å². The largest absolute Gasteiger partial charge is 0.349 e. The molecule has 0 aliphatic heterocycles. The molecule has 4 heteroatoms. The summed E-state index contributed by atoms with van der Waals surface area (Å²) in [7, 11) is 0. The van der Waals surface area contributed by atoms with Crippen LogP contribution >= 0.6 is 11.3 Å². The lowest BCUT2D eigenvalue weighted by Gasteiger charge is -2.31. The number of nitrogens with two attached hydrogens (primary N) is 1. The highest BCUT2D eigenvalue weighted by molar-refractivity contribution is 7.08. The third-order valence-corrected chi connectivity index (χ3v) is 3.99. The summed E-state index contributed by atoms with van der Waals surface area (Å²) in [4.78, 5) is 11.9. The van der Waals surface area contributed by atoms with Crippen LogP contribution in [-0.4, -0.2) is 18.5 Å². The molecule has 3 N–H and O–H groups in total. The Morgan fingerprint density at radius 1 is 1.50 bits per heavy atom. The maximum atomic E-state index is 11.9. The maximum Gasteiger partial charge on any atom is 0.252 e. The van der Waals surface area contributed by atoms with E-state index >= 15 is 0 Å².